The van der Waals surface area contributed by atoms with E-state index in [9.17, 15) is 4.79 Å². The monoisotopic (exact) mass is 403 g/mol. The van der Waals surface area contributed by atoms with E-state index in [0.717, 1.165) is 55.6 Å². The van der Waals surface area contributed by atoms with E-state index in [1.165, 1.54) is 5.56 Å². The zero-order valence-corrected chi connectivity index (χ0v) is 17.9. The number of rotatable bonds is 5. The summed E-state index contributed by atoms with van der Waals surface area (Å²) in [5.74, 6) is 0.823. The number of aromatic nitrogens is 2. The molecule has 0 atom stereocenters. The predicted molar refractivity (Wildman–Crippen MR) is 120 cm³/mol. The topological polar surface area (TPSA) is 53.4 Å². The van der Waals surface area contributed by atoms with E-state index in [1.54, 1.807) is 0 Å². The Kier molecular flexibility index (Phi) is 5.97. The fourth-order valence-electron chi connectivity index (χ4n) is 3.84. The van der Waals surface area contributed by atoms with E-state index in [2.05, 4.69) is 39.3 Å². The number of piperazine rings is 1. The van der Waals surface area contributed by atoms with Crippen molar-refractivity contribution in [2.75, 3.05) is 38.5 Å². The van der Waals surface area contributed by atoms with Crippen molar-refractivity contribution in [3.8, 4) is 5.69 Å². The number of anilines is 1. The molecule has 1 aromatic heterocycles. The highest BCUT2D eigenvalue weighted by molar-refractivity contribution is 6.04. The van der Waals surface area contributed by atoms with Gasteiger partial charge in [0.2, 0.25) is 0 Å². The minimum absolute atomic E-state index is 0.100. The van der Waals surface area contributed by atoms with E-state index in [1.807, 2.05) is 61.0 Å². The lowest BCUT2D eigenvalue weighted by atomic mass is 10.1. The second-order valence-electron chi connectivity index (χ2n) is 8.08. The fraction of sp³-hybridized carbons (Fsp3) is 0.333. The van der Waals surface area contributed by atoms with Crippen LogP contribution >= 0.6 is 0 Å². The molecule has 0 spiro atoms. The maximum absolute atomic E-state index is 12.7. The molecule has 0 unspecified atom stereocenters. The van der Waals surface area contributed by atoms with Crippen molar-refractivity contribution in [1.82, 2.24) is 19.4 Å². The number of carbonyl (C=O) groups excluding carboxylic acids is 1. The summed E-state index contributed by atoms with van der Waals surface area (Å²) in [5, 5.41) is 3.01. The molecular formula is C24H29N5O. The molecule has 4 rings (SSSR count). The van der Waals surface area contributed by atoms with Gasteiger partial charge in [0.15, 0.2) is 0 Å². The predicted octanol–water partition coefficient (Wildman–Crippen LogP) is 3.49. The number of hydrogen-bond donors (Lipinski definition) is 1. The van der Waals surface area contributed by atoms with Gasteiger partial charge in [-0.15, -0.1) is 0 Å². The average Bonchev–Trinajstić information content (AvgIpc) is 3.08. The van der Waals surface area contributed by atoms with Crippen molar-refractivity contribution in [1.29, 1.82) is 0 Å². The van der Waals surface area contributed by atoms with Crippen molar-refractivity contribution < 1.29 is 4.79 Å². The Morgan fingerprint density at radius 1 is 1.03 bits per heavy atom. The van der Waals surface area contributed by atoms with Gasteiger partial charge in [-0.3, -0.25) is 9.69 Å². The minimum atomic E-state index is -0.100. The third-order valence-corrected chi connectivity index (χ3v) is 5.60. The third-order valence-electron chi connectivity index (χ3n) is 5.60. The maximum Gasteiger partial charge on any atom is 0.255 e. The second kappa shape index (κ2) is 8.81. The Hall–Kier alpha value is -2.96. The molecule has 0 bridgehead atoms. The van der Waals surface area contributed by atoms with Crippen molar-refractivity contribution in [3.63, 3.8) is 0 Å². The van der Waals surface area contributed by atoms with Crippen LogP contribution in [-0.2, 0) is 6.54 Å². The molecule has 3 aromatic rings. The first-order valence-electron chi connectivity index (χ1n) is 10.4. The van der Waals surface area contributed by atoms with E-state index in [-0.39, 0.29) is 5.91 Å². The molecule has 2 aromatic carbocycles. The summed E-state index contributed by atoms with van der Waals surface area (Å²) in [5.41, 5.74) is 4.62. The van der Waals surface area contributed by atoms with Crippen LogP contribution in [0.4, 0.5) is 5.69 Å². The molecule has 1 amide bonds. The number of likely N-dealkylation sites (N-methyl/N-ethyl adjacent to an activating group) is 1. The SMILES string of the molecule is Cc1cn(-c2cccc(NC(=O)c3ccc(CN4CCN(C)CC4)cc3)c2)c(C)n1. The normalized spacial score (nSPS) is 15.3. The molecular weight excluding hydrogens is 374 g/mol. The molecule has 1 aliphatic heterocycles. The molecule has 1 N–H and O–H groups in total. The maximum atomic E-state index is 12.7. The molecule has 0 radical (unpaired) electrons. The lowest BCUT2D eigenvalue weighted by Crippen LogP contribution is -2.43. The van der Waals surface area contributed by atoms with Gasteiger partial charge >= 0.3 is 0 Å². The van der Waals surface area contributed by atoms with Crippen molar-refractivity contribution >= 4 is 11.6 Å². The van der Waals surface area contributed by atoms with Gasteiger partial charge in [0.05, 0.1) is 5.69 Å². The molecule has 0 saturated carbocycles. The average molecular weight is 404 g/mol. The van der Waals surface area contributed by atoms with E-state index in [0.29, 0.717) is 5.56 Å². The van der Waals surface area contributed by atoms with Gasteiger partial charge in [-0.1, -0.05) is 18.2 Å². The van der Waals surface area contributed by atoms with E-state index < -0.39 is 0 Å². The highest BCUT2D eigenvalue weighted by Crippen LogP contribution is 2.18. The number of nitrogens with zero attached hydrogens (tertiary/aromatic N) is 4. The van der Waals surface area contributed by atoms with E-state index in [4.69, 9.17) is 0 Å². The Labute approximate surface area is 178 Å². The fourth-order valence-corrected chi connectivity index (χ4v) is 3.84. The summed E-state index contributed by atoms with van der Waals surface area (Å²) in [6.45, 7) is 9.28. The molecule has 156 valence electrons. The molecule has 1 saturated heterocycles. The van der Waals surface area contributed by atoms with Gasteiger partial charge in [0, 0.05) is 55.9 Å². The number of hydrogen-bond acceptors (Lipinski definition) is 4. The second-order valence-corrected chi connectivity index (χ2v) is 8.08. The summed E-state index contributed by atoms with van der Waals surface area (Å²) >= 11 is 0. The first-order valence-corrected chi connectivity index (χ1v) is 10.4. The number of amides is 1. The van der Waals surface area contributed by atoms with Crippen LogP contribution in [0, 0.1) is 13.8 Å². The van der Waals surface area contributed by atoms with Gasteiger partial charge in [-0.25, -0.2) is 4.98 Å². The molecule has 30 heavy (non-hydrogen) atoms. The first kappa shape index (κ1) is 20.3. The summed E-state index contributed by atoms with van der Waals surface area (Å²) in [6, 6.07) is 15.8. The van der Waals surface area contributed by atoms with Crippen LogP contribution in [0.15, 0.2) is 54.7 Å². The number of benzene rings is 2. The molecule has 1 fully saturated rings. The highest BCUT2D eigenvalue weighted by atomic mass is 16.1. The van der Waals surface area contributed by atoms with Gasteiger partial charge in [-0.2, -0.15) is 0 Å². The molecule has 1 aliphatic rings. The third kappa shape index (κ3) is 4.78. The van der Waals surface area contributed by atoms with Crippen molar-refractivity contribution in [2.45, 2.75) is 20.4 Å². The smallest absolute Gasteiger partial charge is 0.255 e. The molecule has 6 heteroatoms. The lowest BCUT2D eigenvalue weighted by Gasteiger charge is -2.32. The van der Waals surface area contributed by atoms with Crippen LogP contribution in [0.2, 0.25) is 0 Å². The van der Waals surface area contributed by atoms with Gasteiger partial charge in [0.1, 0.15) is 5.82 Å². The van der Waals surface area contributed by atoms with Crippen LogP contribution in [0.5, 0.6) is 0 Å². The standard InChI is InChI=1S/C24H29N5O/c1-18-16-29(19(2)25-18)23-6-4-5-22(15-23)26-24(30)21-9-7-20(8-10-21)17-28-13-11-27(3)12-14-28/h4-10,15-16H,11-14,17H2,1-3H3,(H,26,30). The zero-order valence-electron chi connectivity index (χ0n) is 17.9. The quantitative estimate of drug-likeness (QED) is 0.709. The van der Waals surface area contributed by atoms with Crippen LogP contribution in [0.1, 0.15) is 27.4 Å². The molecule has 0 aliphatic carbocycles. The van der Waals surface area contributed by atoms with Gasteiger partial charge in [-0.05, 0) is 56.8 Å². The van der Waals surface area contributed by atoms with Gasteiger partial charge < -0.3 is 14.8 Å². The van der Waals surface area contributed by atoms with E-state index >= 15 is 0 Å². The molecule has 2 heterocycles. The summed E-state index contributed by atoms with van der Waals surface area (Å²) in [6.07, 6.45) is 2.00. The summed E-state index contributed by atoms with van der Waals surface area (Å²) in [4.78, 5) is 22.0. The Balaban J connectivity index is 1.40. The largest absolute Gasteiger partial charge is 0.322 e. The van der Waals surface area contributed by atoms with Crippen molar-refractivity contribution in [2.24, 2.45) is 0 Å². The lowest BCUT2D eigenvalue weighted by molar-refractivity contribution is 0.102. The number of aryl methyl sites for hydroxylation is 2. The number of imidazole rings is 1. The summed E-state index contributed by atoms with van der Waals surface area (Å²) in [7, 11) is 2.16. The van der Waals surface area contributed by atoms with Crippen LogP contribution in [-0.4, -0.2) is 58.5 Å². The van der Waals surface area contributed by atoms with Crippen LogP contribution < -0.4 is 5.32 Å². The number of nitrogens with one attached hydrogen (secondary N) is 1. The van der Waals surface area contributed by atoms with Crippen LogP contribution in [0.25, 0.3) is 5.69 Å². The van der Waals surface area contributed by atoms with Crippen LogP contribution in [0.3, 0.4) is 0 Å². The first-order chi connectivity index (χ1) is 14.5. The Morgan fingerprint density at radius 2 is 1.77 bits per heavy atom. The highest BCUT2D eigenvalue weighted by Gasteiger charge is 2.14. The summed E-state index contributed by atoms with van der Waals surface area (Å²) < 4.78 is 2.03. The van der Waals surface area contributed by atoms with Crippen molar-refractivity contribution in [3.05, 3.63) is 77.4 Å². The Bertz CT molecular complexity index is 1020. The minimum Gasteiger partial charge on any atom is -0.322 e. The van der Waals surface area contributed by atoms with Gasteiger partial charge in [0.25, 0.3) is 5.91 Å². The number of carbonyl (C=O) groups is 1. The molecule has 6 nitrogen and oxygen atoms in total. The Morgan fingerprint density at radius 3 is 2.43 bits per heavy atom. The zero-order chi connectivity index (χ0) is 21.1.